The van der Waals surface area contributed by atoms with Crippen LogP contribution >= 0.6 is 0 Å². The third-order valence-corrected chi connectivity index (χ3v) is 4.64. The third-order valence-electron chi connectivity index (χ3n) is 4.64. The van der Waals surface area contributed by atoms with Gasteiger partial charge in [-0.15, -0.1) is 0 Å². The number of aliphatic carboxylic acids is 3. The average molecular weight is 504 g/mol. The normalized spacial score (nSPS) is 14.2. The summed E-state index contributed by atoms with van der Waals surface area (Å²) in [5, 5.41) is 33.9. The number of carbonyl (C=O) groups excluding carboxylic acids is 4. The summed E-state index contributed by atoms with van der Waals surface area (Å²) in [6, 6.07) is -5.74. The first kappa shape index (κ1) is 31.2. The first-order chi connectivity index (χ1) is 16.1. The molecule has 15 heteroatoms. The van der Waals surface area contributed by atoms with Crippen molar-refractivity contribution in [2.75, 3.05) is 0 Å². The van der Waals surface area contributed by atoms with Crippen LogP contribution in [0.2, 0.25) is 0 Å². The standard InChI is InChI=1S/C20H33N5O10/c1-9(2)7-13(20(34)35)25-19(33)12(4-6-16(29)30)24-18(32)11(3-5-15(27)28)23-17(31)10(21)8-14(22)26/h9-13H,3-8,21H2,1-2H3,(H2,22,26)(H,23,31)(H,24,32)(H,25,33)(H,27,28)(H,29,30)(H,34,35). The molecule has 0 aromatic heterocycles. The lowest BCUT2D eigenvalue weighted by Crippen LogP contribution is -2.57. The molecule has 0 aliphatic carbocycles. The average Bonchev–Trinajstić information content (AvgIpc) is 2.71. The summed E-state index contributed by atoms with van der Waals surface area (Å²) in [5.74, 6) is -7.90. The zero-order chi connectivity index (χ0) is 27.3. The van der Waals surface area contributed by atoms with Crippen LogP contribution in [0.4, 0.5) is 0 Å². The fraction of sp³-hybridized carbons (Fsp3) is 0.650. The number of amides is 4. The lowest BCUT2D eigenvalue weighted by Gasteiger charge is -2.25. The van der Waals surface area contributed by atoms with E-state index in [-0.39, 0.29) is 12.3 Å². The van der Waals surface area contributed by atoms with Gasteiger partial charge in [0.25, 0.3) is 0 Å². The van der Waals surface area contributed by atoms with Gasteiger partial charge >= 0.3 is 17.9 Å². The van der Waals surface area contributed by atoms with E-state index < -0.39 is 97.8 Å². The molecule has 0 heterocycles. The number of hydrogen-bond donors (Lipinski definition) is 8. The lowest BCUT2D eigenvalue weighted by atomic mass is 10.0. The summed E-state index contributed by atoms with van der Waals surface area (Å²) in [6.07, 6.45) is -2.44. The Morgan fingerprint density at radius 3 is 1.46 bits per heavy atom. The zero-order valence-electron chi connectivity index (χ0n) is 19.5. The summed E-state index contributed by atoms with van der Waals surface area (Å²) < 4.78 is 0. The predicted octanol–water partition coefficient (Wildman–Crippen LogP) is -2.50. The van der Waals surface area contributed by atoms with Gasteiger partial charge in [0, 0.05) is 12.8 Å². The van der Waals surface area contributed by atoms with Crippen LogP contribution in [0.25, 0.3) is 0 Å². The summed E-state index contributed by atoms with van der Waals surface area (Å²) in [6.45, 7) is 3.45. The molecule has 0 saturated carbocycles. The largest absolute Gasteiger partial charge is 0.481 e. The van der Waals surface area contributed by atoms with E-state index in [0.29, 0.717) is 0 Å². The minimum absolute atomic E-state index is 0.0652. The van der Waals surface area contributed by atoms with Crippen molar-refractivity contribution in [3.05, 3.63) is 0 Å². The van der Waals surface area contributed by atoms with E-state index in [4.69, 9.17) is 21.7 Å². The van der Waals surface area contributed by atoms with E-state index in [1.165, 1.54) is 0 Å². The molecule has 0 aromatic carbocycles. The monoisotopic (exact) mass is 503 g/mol. The lowest BCUT2D eigenvalue weighted by molar-refractivity contribution is -0.143. The Hall–Kier alpha value is -3.75. The van der Waals surface area contributed by atoms with Gasteiger partial charge in [-0.3, -0.25) is 28.8 Å². The van der Waals surface area contributed by atoms with Gasteiger partial charge in [0.1, 0.15) is 18.1 Å². The minimum atomic E-state index is -1.51. The molecule has 4 amide bonds. The summed E-state index contributed by atoms with van der Waals surface area (Å²) in [5.41, 5.74) is 10.5. The molecule has 4 atom stereocenters. The van der Waals surface area contributed by atoms with Gasteiger partial charge in [-0.1, -0.05) is 13.8 Å². The number of rotatable bonds is 17. The molecular weight excluding hydrogens is 470 g/mol. The maximum absolute atomic E-state index is 12.8. The molecule has 0 aromatic rings. The minimum Gasteiger partial charge on any atom is -0.481 e. The van der Waals surface area contributed by atoms with Gasteiger partial charge in [0.15, 0.2) is 0 Å². The van der Waals surface area contributed by atoms with Crippen molar-refractivity contribution in [2.24, 2.45) is 17.4 Å². The van der Waals surface area contributed by atoms with Crippen LogP contribution in [0, 0.1) is 5.92 Å². The molecule has 0 spiro atoms. The highest BCUT2D eigenvalue weighted by Crippen LogP contribution is 2.08. The van der Waals surface area contributed by atoms with Gasteiger partial charge in [-0.05, 0) is 25.2 Å². The highest BCUT2D eigenvalue weighted by molar-refractivity contribution is 5.95. The number of carbonyl (C=O) groups is 7. The molecule has 10 N–H and O–H groups in total. The number of nitrogens with one attached hydrogen (secondary N) is 3. The van der Waals surface area contributed by atoms with Crippen molar-refractivity contribution in [2.45, 2.75) is 76.5 Å². The molecule has 15 nitrogen and oxygen atoms in total. The molecule has 4 unspecified atom stereocenters. The van der Waals surface area contributed by atoms with E-state index >= 15 is 0 Å². The van der Waals surface area contributed by atoms with E-state index in [1.807, 2.05) is 0 Å². The number of primary amides is 1. The number of carboxylic acid groups (broad SMARTS) is 3. The van der Waals surface area contributed by atoms with Gasteiger partial charge in [-0.25, -0.2) is 4.79 Å². The van der Waals surface area contributed by atoms with Crippen molar-refractivity contribution < 1.29 is 48.9 Å². The number of nitrogens with two attached hydrogens (primary N) is 2. The van der Waals surface area contributed by atoms with E-state index in [0.717, 1.165) is 0 Å². The second-order valence-corrected chi connectivity index (χ2v) is 8.29. The fourth-order valence-corrected chi connectivity index (χ4v) is 2.90. The van der Waals surface area contributed by atoms with Gasteiger partial charge in [-0.2, -0.15) is 0 Å². The van der Waals surface area contributed by atoms with E-state index in [9.17, 15) is 38.7 Å². The molecule has 0 radical (unpaired) electrons. The van der Waals surface area contributed by atoms with Crippen molar-refractivity contribution in [3.8, 4) is 0 Å². The highest BCUT2D eigenvalue weighted by Gasteiger charge is 2.31. The second-order valence-electron chi connectivity index (χ2n) is 8.29. The van der Waals surface area contributed by atoms with Crippen LogP contribution in [0.3, 0.4) is 0 Å². The Morgan fingerprint density at radius 2 is 1.11 bits per heavy atom. The van der Waals surface area contributed by atoms with Crippen LogP contribution in [-0.2, 0) is 33.6 Å². The second kappa shape index (κ2) is 15.2. The third kappa shape index (κ3) is 13.5. The molecular formula is C20H33N5O10. The molecule has 198 valence electrons. The number of hydrogen-bond acceptors (Lipinski definition) is 8. The summed E-state index contributed by atoms with van der Waals surface area (Å²) in [7, 11) is 0. The van der Waals surface area contributed by atoms with Crippen molar-refractivity contribution in [3.63, 3.8) is 0 Å². The Balaban J connectivity index is 5.65. The highest BCUT2D eigenvalue weighted by atomic mass is 16.4. The topological polar surface area (TPSA) is 268 Å². The maximum Gasteiger partial charge on any atom is 0.326 e. The molecule has 0 aliphatic heterocycles. The Labute approximate surface area is 201 Å². The van der Waals surface area contributed by atoms with Gasteiger partial charge in [0.2, 0.25) is 23.6 Å². The quantitative estimate of drug-likeness (QED) is 0.103. The Bertz CT molecular complexity index is 816. The zero-order valence-corrected chi connectivity index (χ0v) is 19.5. The first-order valence-corrected chi connectivity index (χ1v) is 10.7. The van der Waals surface area contributed by atoms with Crippen LogP contribution in [0.1, 0.15) is 52.4 Å². The Morgan fingerprint density at radius 1 is 0.714 bits per heavy atom. The molecule has 0 aliphatic rings. The van der Waals surface area contributed by atoms with Gasteiger partial charge in [0.05, 0.1) is 12.5 Å². The molecule has 0 fully saturated rings. The summed E-state index contributed by atoms with van der Waals surface area (Å²) >= 11 is 0. The summed E-state index contributed by atoms with van der Waals surface area (Å²) in [4.78, 5) is 82.1. The van der Waals surface area contributed by atoms with Crippen LogP contribution in [0.5, 0.6) is 0 Å². The predicted molar refractivity (Wildman–Crippen MR) is 118 cm³/mol. The van der Waals surface area contributed by atoms with Crippen molar-refractivity contribution in [1.82, 2.24) is 16.0 Å². The van der Waals surface area contributed by atoms with E-state index in [1.54, 1.807) is 13.8 Å². The van der Waals surface area contributed by atoms with Crippen molar-refractivity contribution in [1.29, 1.82) is 0 Å². The van der Waals surface area contributed by atoms with E-state index in [2.05, 4.69) is 16.0 Å². The smallest absolute Gasteiger partial charge is 0.326 e. The molecule has 0 bridgehead atoms. The van der Waals surface area contributed by atoms with Crippen LogP contribution in [-0.4, -0.2) is 81.0 Å². The number of carboxylic acids is 3. The molecule has 0 rings (SSSR count). The van der Waals surface area contributed by atoms with Crippen molar-refractivity contribution >= 4 is 41.5 Å². The van der Waals surface area contributed by atoms with Crippen LogP contribution in [0.15, 0.2) is 0 Å². The molecule has 0 saturated heterocycles. The van der Waals surface area contributed by atoms with Gasteiger partial charge < -0.3 is 42.7 Å². The molecule has 35 heavy (non-hydrogen) atoms. The van der Waals surface area contributed by atoms with Crippen LogP contribution < -0.4 is 27.4 Å². The maximum atomic E-state index is 12.8. The Kier molecular flexibility index (Phi) is 13.6. The SMILES string of the molecule is CC(C)CC(NC(=O)C(CCC(=O)O)NC(=O)C(CCC(=O)O)NC(=O)C(N)CC(N)=O)C(=O)O. The fourth-order valence-electron chi connectivity index (χ4n) is 2.90. The first-order valence-electron chi connectivity index (χ1n) is 10.7.